The molecule has 0 spiro atoms. The van der Waals surface area contributed by atoms with E-state index in [0.29, 0.717) is 0 Å². The van der Waals surface area contributed by atoms with Crippen molar-refractivity contribution in [1.82, 2.24) is 9.55 Å². The summed E-state index contributed by atoms with van der Waals surface area (Å²) in [5, 5.41) is 2.45. The third-order valence-electron chi connectivity index (χ3n) is 3.74. The first-order chi connectivity index (χ1) is 9.74. The first kappa shape index (κ1) is 12.7. The third kappa shape index (κ3) is 1.95. The molecule has 0 saturated carbocycles. The fraction of sp³-hybridized carbons (Fsp3) is 0.235. The van der Waals surface area contributed by atoms with E-state index < -0.39 is 0 Å². The highest BCUT2D eigenvalue weighted by Gasteiger charge is 2.14. The molecule has 3 aromatic rings. The van der Waals surface area contributed by atoms with Gasteiger partial charge in [0.15, 0.2) is 0 Å². The lowest BCUT2D eigenvalue weighted by molar-refractivity contribution is 0.713. The molecule has 1 aromatic heterocycles. The second-order valence-electron chi connectivity index (χ2n) is 4.92. The molecular weight excluding hydrogens is 246 g/mol. The van der Waals surface area contributed by atoms with E-state index >= 15 is 0 Å². The van der Waals surface area contributed by atoms with Gasteiger partial charge in [0, 0.05) is 18.5 Å². The first-order valence-electron chi connectivity index (χ1n) is 7.08. The number of imidazole rings is 1. The lowest BCUT2D eigenvalue weighted by atomic mass is 10.1. The van der Waals surface area contributed by atoms with Gasteiger partial charge in [-0.25, -0.2) is 4.98 Å². The number of rotatable bonds is 3. The van der Waals surface area contributed by atoms with Crippen LogP contribution in [0.4, 0.5) is 5.82 Å². The van der Waals surface area contributed by atoms with Crippen LogP contribution in [0.2, 0.25) is 0 Å². The molecule has 3 nitrogen and oxygen atoms in total. The molecule has 0 saturated heterocycles. The molecule has 0 bridgehead atoms. The van der Waals surface area contributed by atoms with Crippen molar-refractivity contribution in [2.75, 3.05) is 5.73 Å². The minimum atomic E-state index is 0.764. The van der Waals surface area contributed by atoms with Crippen molar-refractivity contribution < 1.29 is 0 Å². The van der Waals surface area contributed by atoms with Crippen molar-refractivity contribution in [3.05, 3.63) is 48.3 Å². The summed E-state index contributed by atoms with van der Waals surface area (Å²) in [5.41, 5.74) is 8.25. The van der Waals surface area contributed by atoms with E-state index in [1.165, 1.54) is 10.8 Å². The highest BCUT2D eigenvalue weighted by atomic mass is 15.1. The Kier molecular flexibility index (Phi) is 3.18. The Morgan fingerprint density at radius 1 is 1.05 bits per heavy atom. The first-order valence-corrected chi connectivity index (χ1v) is 7.08. The van der Waals surface area contributed by atoms with Crippen molar-refractivity contribution >= 4 is 16.6 Å². The molecule has 2 aromatic carbocycles. The molecule has 2 N–H and O–H groups in total. The van der Waals surface area contributed by atoms with Crippen LogP contribution in [0.3, 0.4) is 0 Å². The van der Waals surface area contributed by atoms with Gasteiger partial charge in [-0.2, -0.15) is 0 Å². The van der Waals surface area contributed by atoms with Gasteiger partial charge in [-0.3, -0.25) is 0 Å². The average Bonchev–Trinajstić information content (AvgIpc) is 2.82. The molecule has 3 heteroatoms. The van der Waals surface area contributed by atoms with Crippen molar-refractivity contribution in [2.24, 2.45) is 0 Å². The van der Waals surface area contributed by atoms with Gasteiger partial charge in [0.2, 0.25) is 0 Å². The normalized spacial score (nSPS) is 11.1. The second-order valence-corrected chi connectivity index (χ2v) is 4.92. The van der Waals surface area contributed by atoms with Crippen LogP contribution in [-0.4, -0.2) is 9.55 Å². The number of nitrogens with zero attached hydrogens (tertiary/aromatic N) is 2. The quantitative estimate of drug-likeness (QED) is 0.781. The lowest BCUT2D eigenvalue weighted by Crippen LogP contribution is -2.04. The number of nitrogens with two attached hydrogens (primary N) is 1. The lowest BCUT2D eigenvalue weighted by Gasteiger charge is -2.05. The Bertz CT molecular complexity index is 756. The molecule has 0 unspecified atom stereocenters. The zero-order valence-corrected chi connectivity index (χ0v) is 11.9. The van der Waals surface area contributed by atoms with Gasteiger partial charge < -0.3 is 10.3 Å². The standard InChI is InChI=1S/C17H19N3/c1-3-15-19-16(17(18)20(15)4-2)14-10-9-12-7-5-6-8-13(12)11-14/h5-11H,3-4,18H2,1-2H3. The van der Waals surface area contributed by atoms with E-state index in [2.05, 4.69) is 60.9 Å². The van der Waals surface area contributed by atoms with Crippen LogP contribution in [0, 0.1) is 0 Å². The largest absolute Gasteiger partial charge is 0.383 e. The molecule has 0 atom stereocenters. The van der Waals surface area contributed by atoms with E-state index in [1.54, 1.807) is 0 Å². The van der Waals surface area contributed by atoms with Crippen LogP contribution >= 0.6 is 0 Å². The second kappa shape index (κ2) is 5.00. The van der Waals surface area contributed by atoms with Crippen LogP contribution in [0.15, 0.2) is 42.5 Å². The molecule has 1 heterocycles. The number of anilines is 1. The highest BCUT2D eigenvalue weighted by molar-refractivity contribution is 5.88. The Hall–Kier alpha value is -2.29. The highest BCUT2D eigenvalue weighted by Crippen LogP contribution is 2.29. The van der Waals surface area contributed by atoms with Gasteiger partial charge in [0.05, 0.1) is 0 Å². The van der Waals surface area contributed by atoms with Crippen LogP contribution in [0.25, 0.3) is 22.0 Å². The third-order valence-corrected chi connectivity index (χ3v) is 3.74. The van der Waals surface area contributed by atoms with Crippen molar-refractivity contribution in [2.45, 2.75) is 26.8 Å². The summed E-state index contributed by atoms with van der Waals surface area (Å²) in [5.74, 6) is 1.81. The maximum Gasteiger partial charge on any atom is 0.131 e. The fourth-order valence-corrected chi connectivity index (χ4v) is 2.69. The van der Waals surface area contributed by atoms with Gasteiger partial charge in [0.25, 0.3) is 0 Å². The summed E-state index contributed by atoms with van der Waals surface area (Å²) >= 11 is 0. The van der Waals surface area contributed by atoms with Crippen molar-refractivity contribution in [1.29, 1.82) is 0 Å². The zero-order chi connectivity index (χ0) is 14.1. The molecule has 0 amide bonds. The summed E-state index contributed by atoms with van der Waals surface area (Å²) < 4.78 is 2.09. The summed E-state index contributed by atoms with van der Waals surface area (Å²) in [6.45, 7) is 5.06. The molecule has 102 valence electrons. The number of fused-ring (bicyclic) bond motifs is 1. The molecular formula is C17H19N3. The number of nitrogen functional groups attached to an aromatic ring is 1. The van der Waals surface area contributed by atoms with Crippen molar-refractivity contribution in [3.63, 3.8) is 0 Å². The molecule has 0 aliphatic heterocycles. The maximum absolute atomic E-state index is 6.27. The smallest absolute Gasteiger partial charge is 0.131 e. The van der Waals surface area contributed by atoms with Gasteiger partial charge in [-0.1, -0.05) is 43.3 Å². The van der Waals surface area contributed by atoms with E-state index in [9.17, 15) is 0 Å². The molecule has 3 rings (SSSR count). The number of hydrogen-bond donors (Lipinski definition) is 1. The topological polar surface area (TPSA) is 43.8 Å². The number of benzene rings is 2. The zero-order valence-electron chi connectivity index (χ0n) is 11.9. The van der Waals surface area contributed by atoms with E-state index in [0.717, 1.165) is 35.9 Å². The van der Waals surface area contributed by atoms with Gasteiger partial charge in [-0.05, 0) is 23.8 Å². The molecule has 0 aliphatic rings. The SMILES string of the molecule is CCc1nc(-c2ccc3ccccc3c2)c(N)n1CC. The monoisotopic (exact) mass is 265 g/mol. The minimum absolute atomic E-state index is 0.764. The van der Waals surface area contributed by atoms with Crippen LogP contribution in [0.5, 0.6) is 0 Å². The Morgan fingerprint density at radius 3 is 2.45 bits per heavy atom. The van der Waals surface area contributed by atoms with Crippen molar-refractivity contribution in [3.8, 4) is 11.3 Å². The van der Waals surface area contributed by atoms with E-state index in [4.69, 9.17) is 10.7 Å². The maximum atomic E-state index is 6.27. The van der Waals surface area contributed by atoms with Crippen LogP contribution in [-0.2, 0) is 13.0 Å². The average molecular weight is 265 g/mol. The number of aryl methyl sites for hydroxylation is 1. The number of aromatic nitrogens is 2. The summed E-state index contributed by atoms with van der Waals surface area (Å²) in [6, 6.07) is 14.7. The molecule has 0 radical (unpaired) electrons. The van der Waals surface area contributed by atoms with E-state index in [-0.39, 0.29) is 0 Å². The van der Waals surface area contributed by atoms with Gasteiger partial charge in [0.1, 0.15) is 17.3 Å². The predicted molar refractivity (Wildman–Crippen MR) is 84.6 cm³/mol. The minimum Gasteiger partial charge on any atom is -0.383 e. The fourth-order valence-electron chi connectivity index (χ4n) is 2.69. The Morgan fingerprint density at radius 2 is 1.80 bits per heavy atom. The molecule has 0 aliphatic carbocycles. The van der Waals surface area contributed by atoms with Crippen LogP contribution in [0.1, 0.15) is 19.7 Å². The van der Waals surface area contributed by atoms with Gasteiger partial charge in [-0.15, -0.1) is 0 Å². The molecule has 20 heavy (non-hydrogen) atoms. The molecule has 0 fully saturated rings. The summed E-state index contributed by atoms with van der Waals surface area (Å²) in [7, 11) is 0. The Balaban J connectivity index is 2.17. The Labute approximate surface area is 119 Å². The van der Waals surface area contributed by atoms with Gasteiger partial charge >= 0.3 is 0 Å². The summed E-state index contributed by atoms with van der Waals surface area (Å²) in [6.07, 6.45) is 0.894. The van der Waals surface area contributed by atoms with E-state index in [1.807, 2.05) is 0 Å². The predicted octanol–water partition coefficient (Wildman–Crippen LogP) is 3.87. The van der Waals surface area contributed by atoms with Crippen LogP contribution < -0.4 is 5.73 Å². The number of hydrogen-bond acceptors (Lipinski definition) is 2. The summed E-state index contributed by atoms with van der Waals surface area (Å²) in [4.78, 5) is 4.71.